The zero-order valence-corrected chi connectivity index (χ0v) is 13.6. The average Bonchev–Trinajstić information content (AvgIpc) is 3.06. The van der Waals surface area contributed by atoms with Gasteiger partial charge in [-0.05, 0) is 50.7 Å². The van der Waals surface area contributed by atoms with Crippen molar-refractivity contribution < 1.29 is 9.84 Å². The number of ether oxygens (including phenoxy) is 1. The van der Waals surface area contributed by atoms with E-state index >= 15 is 0 Å². The molecule has 1 N–H and O–H groups in total. The summed E-state index contributed by atoms with van der Waals surface area (Å²) in [5.41, 5.74) is 1.45. The Balaban J connectivity index is 1.52. The average molecular weight is 307 g/mol. The number of hydrogen-bond acceptors (Lipinski definition) is 4. The van der Waals surface area contributed by atoms with Crippen LogP contribution in [-0.2, 0) is 16.8 Å². The van der Waals surface area contributed by atoms with Crippen LogP contribution >= 0.6 is 11.3 Å². The number of aliphatic hydroxyl groups is 1. The summed E-state index contributed by atoms with van der Waals surface area (Å²) in [6.45, 7) is 5.21. The van der Waals surface area contributed by atoms with Gasteiger partial charge in [0.05, 0.1) is 18.3 Å². The maximum atomic E-state index is 10.1. The quantitative estimate of drug-likeness (QED) is 0.866. The summed E-state index contributed by atoms with van der Waals surface area (Å²) < 4.78 is 6.30. The van der Waals surface area contributed by atoms with Crippen LogP contribution in [0.5, 0.6) is 0 Å². The molecule has 0 aromatic carbocycles. The Morgan fingerprint density at radius 1 is 1.33 bits per heavy atom. The molecule has 0 bridgehead atoms. The first-order valence-electron chi connectivity index (χ1n) is 8.34. The molecule has 3 heterocycles. The van der Waals surface area contributed by atoms with Crippen LogP contribution in [0.2, 0.25) is 0 Å². The molecular formula is C17H25NO2S. The van der Waals surface area contributed by atoms with Gasteiger partial charge in [-0.3, -0.25) is 4.90 Å². The van der Waals surface area contributed by atoms with E-state index in [0.29, 0.717) is 6.04 Å². The number of rotatable bonds is 1. The Hall–Kier alpha value is -0.420. The molecule has 1 saturated carbocycles. The van der Waals surface area contributed by atoms with Crippen molar-refractivity contribution in [3.05, 3.63) is 21.4 Å². The zero-order chi connectivity index (χ0) is 14.4. The Morgan fingerprint density at radius 2 is 2.14 bits per heavy atom. The van der Waals surface area contributed by atoms with E-state index < -0.39 is 0 Å². The number of fused-ring (bicyclic) bond motifs is 2. The Labute approximate surface area is 130 Å². The second-order valence-corrected chi connectivity index (χ2v) is 8.23. The molecule has 2 fully saturated rings. The molecule has 0 radical (unpaired) electrons. The van der Waals surface area contributed by atoms with Crippen molar-refractivity contribution in [2.24, 2.45) is 0 Å². The summed E-state index contributed by atoms with van der Waals surface area (Å²) in [5.74, 6) is 0. The summed E-state index contributed by atoms with van der Waals surface area (Å²) in [6, 6.07) is 2.76. The molecule has 2 aliphatic heterocycles. The Morgan fingerprint density at radius 3 is 2.86 bits per heavy atom. The topological polar surface area (TPSA) is 32.7 Å². The molecule has 1 aromatic heterocycles. The molecule has 3 nitrogen and oxygen atoms in total. The molecule has 4 heteroatoms. The Bertz CT molecular complexity index is 519. The molecule has 1 aliphatic carbocycles. The van der Waals surface area contributed by atoms with Gasteiger partial charge in [-0.15, -0.1) is 11.3 Å². The van der Waals surface area contributed by atoms with E-state index in [-0.39, 0.29) is 11.7 Å². The highest BCUT2D eigenvalue weighted by molar-refractivity contribution is 7.12. The minimum Gasteiger partial charge on any atom is -0.391 e. The van der Waals surface area contributed by atoms with Gasteiger partial charge in [0, 0.05) is 35.3 Å². The highest BCUT2D eigenvalue weighted by Crippen LogP contribution is 2.45. The molecule has 2 unspecified atom stereocenters. The van der Waals surface area contributed by atoms with Gasteiger partial charge in [-0.1, -0.05) is 0 Å². The smallest absolute Gasteiger partial charge is 0.0966 e. The molecule has 2 atom stereocenters. The maximum Gasteiger partial charge on any atom is 0.0966 e. The second kappa shape index (κ2) is 5.34. The van der Waals surface area contributed by atoms with Crippen LogP contribution in [-0.4, -0.2) is 41.8 Å². The number of thiophene rings is 1. The molecule has 0 amide bonds. The van der Waals surface area contributed by atoms with E-state index in [1.54, 1.807) is 4.88 Å². The first kappa shape index (κ1) is 14.2. The normalized spacial score (nSPS) is 32.5. The van der Waals surface area contributed by atoms with Gasteiger partial charge in [0.2, 0.25) is 0 Å². The SMILES string of the molecule is Cc1cc2c(s1)CCOC21CCN(C2CCCC2O)CC1. The number of aliphatic hydroxyl groups excluding tert-OH is 1. The van der Waals surface area contributed by atoms with Gasteiger partial charge in [-0.2, -0.15) is 0 Å². The zero-order valence-electron chi connectivity index (χ0n) is 12.8. The number of nitrogens with zero attached hydrogens (tertiary/aromatic N) is 1. The van der Waals surface area contributed by atoms with E-state index in [2.05, 4.69) is 17.9 Å². The predicted molar refractivity (Wildman–Crippen MR) is 84.8 cm³/mol. The third-order valence-electron chi connectivity index (χ3n) is 5.65. The van der Waals surface area contributed by atoms with Crippen molar-refractivity contribution in [2.45, 2.75) is 63.2 Å². The van der Waals surface area contributed by atoms with Gasteiger partial charge in [0.1, 0.15) is 0 Å². The van der Waals surface area contributed by atoms with Crippen molar-refractivity contribution >= 4 is 11.3 Å². The lowest BCUT2D eigenvalue weighted by molar-refractivity contribution is -0.106. The molecule has 3 aliphatic rings. The minimum absolute atomic E-state index is 0.0294. The van der Waals surface area contributed by atoms with Crippen LogP contribution in [0.1, 0.15) is 47.4 Å². The first-order valence-corrected chi connectivity index (χ1v) is 9.15. The molecule has 116 valence electrons. The lowest BCUT2D eigenvalue weighted by Gasteiger charge is -2.46. The number of likely N-dealkylation sites (tertiary alicyclic amines) is 1. The van der Waals surface area contributed by atoms with Gasteiger partial charge in [-0.25, -0.2) is 0 Å². The third kappa shape index (κ3) is 2.37. The molecular weight excluding hydrogens is 282 g/mol. The predicted octanol–water partition coefficient (Wildman–Crippen LogP) is 2.83. The van der Waals surface area contributed by atoms with Crippen LogP contribution in [0.4, 0.5) is 0 Å². The standard InChI is InChI=1S/C17H25NO2S/c1-12-11-13-16(21-12)5-10-20-17(13)6-8-18(9-7-17)14-3-2-4-15(14)19/h11,14-15,19H,2-10H2,1H3. The molecule has 1 aromatic rings. The fraction of sp³-hybridized carbons (Fsp3) is 0.765. The largest absolute Gasteiger partial charge is 0.391 e. The van der Waals surface area contributed by atoms with Crippen molar-refractivity contribution in [3.63, 3.8) is 0 Å². The van der Waals surface area contributed by atoms with E-state index in [1.165, 1.54) is 16.9 Å². The summed E-state index contributed by atoms with van der Waals surface area (Å²) >= 11 is 1.95. The maximum absolute atomic E-state index is 10.1. The number of piperidine rings is 1. The third-order valence-corrected chi connectivity index (χ3v) is 6.76. The van der Waals surface area contributed by atoms with Crippen molar-refractivity contribution in [3.8, 4) is 0 Å². The van der Waals surface area contributed by atoms with Crippen LogP contribution in [0, 0.1) is 6.92 Å². The molecule has 1 spiro atoms. The van der Waals surface area contributed by atoms with E-state index in [9.17, 15) is 5.11 Å². The van der Waals surface area contributed by atoms with E-state index in [1.807, 2.05) is 11.3 Å². The lowest BCUT2D eigenvalue weighted by Crippen LogP contribution is -2.51. The van der Waals surface area contributed by atoms with Crippen LogP contribution < -0.4 is 0 Å². The Kier molecular flexibility index (Phi) is 3.61. The highest BCUT2D eigenvalue weighted by atomic mass is 32.1. The van der Waals surface area contributed by atoms with Crippen molar-refractivity contribution in [1.29, 1.82) is 0 Å². The highest BCUT2D eigenvalue weighted by Gasteiger charge is 2.44. The monoisotopic (exact) mass is 307 g/mol. The van der Waals surface area contributed by atoms with Gasteiger partial charge < -0.3 is 9.84 Å². The van der Waals surface area contributed by atoms with Crippen LogP contribution in [0.25, 0.3) is 0 Å². The van der Waals surface area contributed by atoms with Gasteiger partial charge in [0.15, 0.2) is 0 Å². The van der Waals surface area contributed by atoms with Crippen molar-refractivity contribution in [1.82, 2.24) is 4.90 Å². The fourth-order valence-electron chi connectivity index (χ4n) is 4.53. The minimum atomic E-state index is -0.106. The lowest BCUT2D eigenvalue weighted by atomic mass is 9.81. The van der Waals surface area contributed by atoms with Gasteiger partial charge >= 0.3 is 0 Å². The second-order valence-electron chi connectivity index (χ2n) is 6.89. The molecule has 21 heavy (non-hydrogen) atoms. The summed E-state index contributed by atoms with van der Waals surface area (Å²) in [5, 5.41) is 10.1. The van der Waals surface area contributed by atoms with Crippen LogP contribution in [0.15, 0.2) is 6.07 Å². The molecule has 1 saturated heterocycles. The van der Waals surface area contributed by atoms with E-state index in [4.69, 9.17) is 4.74 Å². The fourth-order valence-corrected chi connectivity index (χ4v) is 5.63. The molecule has 4 rings (SSSR count). The summed E-state index contributed by atoms with van der Waals surface area (Å²) in [7, 11) is 0. The van der Waals surface area contributed by atoms with Crippen molar-refractivity contribution in [2.75, 3.05) is 19.7 Å². The summed E-state index contributed by atoms with van der Waals surface area (Å²) in [6.07, 6.45) is 6.47. The number of hydrogen-bond donors (Lipinski definition) is 1. The number of aryl methyl sites for hydroxylation is 1. The first-order chi connectivity index (χ1) is 10.2. The summed E-state index contributed by atoms with van der Waals surface area (Å²) in [4.78, 5) is 5.48. The van der Waals surface area contributed by atoms with E-state index in [0.717, 1.165) is 51.8 Å². The van der Waals surface area contributed by atoms with Crippen LogP contribution in [0.3, 0.4) is 0 Å². The van der Waals surface area contributed by atoms with Gasteiger partial charge in [0.25, 0.3) is 0 Å².